The van der Waals surface area contributed by atoms with Gasteiger partial charge in [0.2, 0.25) is 0 Å². The summed E-state index contributed by atoms with van der Waals surface area (Å²) in [7, 11) is 1.63. The van der Waals surface area contributed by atoms with Crippen LogP contribution in [-0.2, 0) is 0 Å². The molecule has 0 radical (unpaired) electrons. The Labute approximate surface area is 153 Å². The van der Waals surface area contributed by atoms with E-state index >= 15 is 0 Å². The van der Waals surface area contributed by atoms with Crippen molar-refractivity contribution in [3.05, 3.63) is 78.6 Å². The summed E-state index contributed by atoms with van der Waals surface area (Å²) in [6.07, 6.45) is 1.64. The van der Waals surface area contributed by atoms with E-state index in [9.17, 15) is 4.79 Å². The lowest BCUT2D eigenvalue weighted by Gasteiger charge is -2.20. The average Bonchev–Trinajstić information content (AvgIpc) is 2.70. The number of benzene rings is 2. The Balaban J connectivity index is 1.80. The SMILES string of the molecule is CCN(C(=O)c1cc(Nc2ccc(OC)cc2)ccn1)c1ccccc1. The van der Waals surface area contributed by atoms with Gasteiger partial charge in [-0.15, -0.1) is 0 Å². The van der Waals surface area contributed by atoms with Crippen molar-refractivity contribution in [3.63, 3.8) is 0 Å². The Morgan fingerprint density at radius 1 is 1.04 bits per heavy atom. The number of aromatic nitrogens is 1. The molecule has 0 spiro atoms. The lowest BCUT2D eigenvalue weighted by atomic mass is 10.2. The van der Waals surface area contributed by atoms with E-state index in [1.165, 1.54) is 0 Å². The first-order valence-corrected chi connectivity index (χ1v) is 8.45. The number of rotatable bonds is 6. The zero-order valence-electron chi connectivity index (χ0n) is 14.8. The molecule has 0 aliphatic rings. The van der Waals surface area contributed by atoms with E-state index < -0.39 is 0 Å². The minimum atomic E-state index is -0.128. The van der Waals surface area contributed by atoms with Gasteiger partial charge in [-0.25, -0.2) is 0 Å². The molecule has 1 aromatic heterocycles. The van der Waals surface area contributed by atoms with E-state index in [1.54, 1.807) is 24.3 Å². The first-order chi connectivity index (χ1) is 12.7. The number of ether oxygens (including phenoxy) is 1. The molecule has 1 N–H and O–H groups in total. The Morgan fingerprint density at radius 3 is 2.42 bits per heavy atom. The molecular weight excluding hydrogens is 326 g/mol. The first kappa shape index (κ1) is 17.5. The minimum absolute atomic E-state index is 0.128. The maximum absolute atomic E-state index is 12.9. The highest BCUT2D eigenvalue weighted by Gasteiger charge is 2.17. The fourth-order valence-corrected chi connectivity index (χ4v) is 2.66. The highest BCUT2D eigenvalue weighted by Crippen LogP contribution is 2.21. The van der Waals surface area contributed by atoms with Crippen LogP contribution in [0.4, 0.5) is 17.1 Å². The predicted molar refractivity (Wildman–Crippen MR) is 104 cm³/mol. The van der Waals surface area contributed by atoms with Gasteiger partial charge in [-0.05, 0) is 55.5 Å². The number of anilines is 3. The third kappa shape index (κ3) is 4.00. The molecule has 0 aliphatic heterocycles. The third-order valence-corrected chi connectivity index (χ3v) is 3.99. The predicted octanol–water partition coefficient (Wildman–Crippen LogP) is 4.50. The number of pyridine rings is 1. The summed E-state index contributed by atoms with van der Waals surface area (Å²) in [4.78, 5) is 18.8. The second-order valence-corrected chi connectivity index (χ2v) is 5.67. The molecule has 132 valence electrons. The molecule has 0 atom stereocenters. The summed E-state index contributed by atoms with van der Waals surface area (Å²) in [5, 5.41) is 3.28. The Morgan fingerprint density at radius 2 is 1.77 bits per heavy atom. The number of nitrogens with zero attached hydrogens (tertiary/aromatic N) is 2. The molecule has 5 nitrogen and oxygen atoms in total. The van der Waals surface area contributed by atoms with Gasteiger partial charge in [0.25, 0.3) is 5.91 Å². The van der Waals surface area contributed by atoms with Gasteiger partial charge in [-0.1, -0.05) is 18.2 Å². The highest BCUT2D eigenvalue weighted by atomic mass is 16.5. The smallest absolute Gasteiger partial charge is 0.276 e. The standard InChI is InChI=1S/C21H21N3O2/c1-3-24(18-7-5-4-6-8-18)21(25)20-15-17(13-14-22-20)23-16-9-11-19(26-2)12-10-16/h4-15H,3H2,1-2H3,(H,22,23). The number of hydrogen-bond acceptors (Lipinski definition) is 4. The van der Waals surface area contributed by atoms with Gasteiger partial charge in [0.15, 0.2) is 0 Å². The first-order valence-electron chi connectivity index (χ1n) is 8.45. The van der Waals surface area contributed by atoms with Crippen molar-refractivity contribution in [2.45, 2.75) is 6.92 Å². The zero-order chi connectivity index (χ0) is 18.4. The van der Waals surface area contributed by atoms with Crippen molar-refractivity contribution >= 4 is 23.0 Å². The second-order valence-electron chi connectivity index (χ2n) is 5.67. The Hall–Kier alpha value is -3.34. The van der Waals surface area contributed by atoms with Gasteiger partial charge < -0.3 is 15.0 Å². The van der Waals surface area contributed by atoms with Crippen LogP contribution in [0.5, 0.6) is 5.75 Å². The average molecular weight is 347 g/mol. The van der Waals surface area contributed by atoms with Gasteiger partial charge in [0, 0.05) is 29.8 Å². The molecule has 0 bridgehead atoms. The fraction of sp³-hybridized carbons (Fsp3) is 0.143. The van der Waals surface area contributed by atoms with Gasteiger partial charge in [-0.2, -0.15) is 0 Å². The molecule has 0 unspecified atom stereocenters. The lowest BCUT2D eigenvalue weighted by Crippen LogP contribution is -2.31. The van der Waals surface area contributed by atoms with Crippen LogP contribution in [0.1, 0.15) is 17.4 Å². The van der Waals surface area contributed by atoms with Crippen LogP contribution in [0.25, 0.3) is 0 Å². The molecule has 3 aromatic rings. The summed E-state index contributed by atoms with van der Waals surface area (Å²) >= 11 is 0. The van der Waals surface area contributed by atoms with Crippen molar-refractivity contribution in [2.75, 3.05) is 23.9 Å². The van der Waals surface area contributed by atoms with Gasteiger partial charge in [-0.3, -0.25) is 9.78 Å². The van der Waals surface area contributed by atoms with Crippen LogP contribution >= 0.6 is 0 Å². The van der Waals surface area contributed by atoms with Crippen molar-refractivity contribution in [1.82, 2.24) is 4.98 Å². The molecule has 2 aromatic carbocycles. The summed E-state index contributed by atoms with van der Waals surface area (Å²) < 4.78 is 5.16. The molecule has 1 amide bonds. The van der Waals surface area contributed by atoms with Crippen molar-refractivity contribution < 1.29 is 9.53 Å². The Kier molecular flexibility index (Phi) is 5.49. The van der Waals surface area contributed by atoms with E-state index in [-0.39, 0.29) is 5.91 Å². The monoisotopic (exact) mass is 347 g/mol. The molecule has 0 saturated carbocycles. The van der Waals surface area contributed by atoms with Gasteiger partial charge in [0.1, 0.15) is 11.4 Å². The van der Waals surface area contributed by atoms with Crippen LogP contribution in [0.15, 0.2) is 72.9 Å². The number of methoxy groups -OCH3 is 1. The lowest BCUT2D eigenvalue weighted by molar-refractivity contribution is 0.0983. The molecule has 0 aliphatic carbocycles. The number of nitrogens with one attached hydrogen (secondary N) is 1. The van der Waals surface area contributed by atoms with E-state index in [2.05, 4.69) is 10.3 Å². The fourth-order valence-electron chi connectivity index (χ4n) is 2.66. The summed E-state index contributed by atoms with van der Waals surface area (Å²) in [5.74, 6) is 0.666. The normalized spacial score (nSPS) is 10.2. The third-order valence-electron chi connectivity index (χ3n) is 3.99. The molecule has 3 rings (SSSR count). The van der Waals surface area contributed by atoms with Crippen molar-refractivity contribution in [1.29, 1.82) is 0 Å². The highest BCUT2D eigenvalue weighted by molar-refractivity contribution is 6.05. The summed E-state index contributed by atoms with van der Waals surface area (Å²) in [5.41, 5.74) is 2.97. The maximum Gasteiger partial charge on any atom is 0.276 e. The summed E-state index contributed by atoms with van der Waals surface area (Å²) in [6, 6.07) is 20.8. The minimum Gasteiger partial charge on any atom is -0.497 e. The largest absolute Gasteiger partial charge is 0.497 e. The van der Waals surface area contributed by atoms with Gasteiger partial charge in [0.05, 0.1) is 7.11 Å². The van der Waals surface area contributed by atoms with Crippen LogP contribution in [0.2, 0.25) is 0 Å². The number of hydrogen-bond donors (Lipinski definition) is 1. The van der Waals surface area contributed by atoms with Crippen LogP contribution in [-0.4, -0.2) is 24.5 Å². The molecule has 0 fully saturated rings. The molecule has 26 heavy (non-hydrogen) atoms. The van der Waals surface area contributed by atoms with E-state index in [1.807, 2.05) is 67.6 Å². The second kappa shape index (κ2) is 8.16. The molecule has 5 heteroatoms. The topological polar surface area (TPSA) is 54.5 Å². The van der Waals surface area contributed by atoms with Crippen LogP contribution < -0.4 is 15.0 Å². The van der Waals surface area contributed by atoms with Crippen LogP contribution in [0, 0.1) is 0 Å². The quantitative estimate of drug-likeness (QED) is 0.713. The molecule has 0 saturated heterocycles. The summed E-state index contributed by atoms with van der Waals surface area (Å²) in [6.45, 7) is 2.52. The number of para-hydroxylation sites is 1. The van der Waals surface area contributed by atoms with Crippen LogP contribution in [0.3, 0.4) is 0 Å². The zero-order valence-corrected chi connectivity index (χ0v) is 14.8. The van der Waals surface area contributed by atoms with E-state index in [4.69, 9.17) is 4.74 Å². The number of amides is 1. The number of carbonyl (C=O) groups excluding carboxylic acids is 1. The molecular formula is C21H21N3O2. The van der Waals surface area contributed by atoms with Gasteiger partial charge >= 0.3 is 0 Å². The maximum atomic E-state index is 12.9. The van der Waals surface area contributed by atoms with E-state index in [0.717, 1.165) is 22.8 Å². The van der Waals surface area contributed by atoms with Crippen molar-refractivity contribution in [3.8, 4) is 5.75 Å². The Bertz CT molecular complexity index is 864. The molecule has 1 heterocycles. The number of carbonyl (C=O) groups is 1. The van der Waals surface area contributed by atoms with Crippen molar-refractivity contribution in [2.24, 2.45) is 0 Å². The van der Waals surface area contributed by atoms with E-state index in [0.29, 0.717) is 12.2 Å².